The number of nitrogens with zero attached hydrogens (tertiary/aromatic N) is 5. The predicted octanol–water partition coefficient (Wildman–Crippen LogP) is 16.7. The second-order valence-corrected chi connectivity index (χ2v) is 18.4. The average molecular weight is 898 g/mol. The molecule has 6 aromatic carbocycles. The maximum absolute atomic E-state index is 4.93. The number of hydrogen-bond acceptors (Lipinski definition) is 5. The molecule has 5 aromatic heterocycles. The van der Waals surface area contributed by atoms with Crippen LogP contribution in [0.5, 0.6) is 0 Å². The van der Waals surface area contributed by atoms with E-state index in [1.54, 1.807) is 0 Å². The van der Waals surface area contributed by atoms with Gasteiger partial charge in [0.05, 0.1) is 22.4 Å². The Bertz CT molecular complexity index is 3640. The Morgan fingerprint density at radius 2 is 1.16 bits per heavy atom. The van der Waals surface area contributed by atoms with Crippen molar-refractivity contribution in [3.8, 4) is 50.3 Å². The summed E-state index contributed by atoms with van der Waals surface area (Å²) in [5, 5.41) is 4.96. The van der Waals surface area contributed by atoms with Crippen molar-refractivity contribution in [2.75, 3.05) is 0 Å². The molecular formula is C62H51N5S. The van der Waals surface area contributed by atoms with Gasteiger partial charge < -0.3 is 4.57 Å². The van der Waals surface area contributed by atoms with Crippen LogP contribution in [0.4, 0.5) is 0 Å². The molecule has 6 heteroatoms. The molecule has 0 spiro atoms. The molecule has 1 aliphatic carbocycles. The maximum atomic E-state index is 4.93. The summed E-state index contributed by atoms with van der Waals surface area (Å²) >= 11 is 1.85. The molecule has 13 rings (SSSR count). The van der Waals surface area contributed by atoms with Crippen molar-refractivity contribution in [3.05, 3.63) is 212 Å². The second kappa shape index (κ2) is 18.8. The summed E-state index contributed by atoms with van der Waals surface area (Å²) in [5.41, 5.74) is 16.1. The van der Waals surface area contributed by atoms with E-state index in [2.05, 4.69) is 179 Å². The molecule has 2 atom stereocenters. The molecule has 0 saturated heterocycles. The molecule has 330 valence electrons. The molecule has 0 bridgehead atoms. The van der Waals surface area contributed by atoms with Crippen molar-refractivity contribution >= 4 is 65.2 Å². The van der Waals surface area contributed by atoms with Gasteiger partial charge in [0.25, 0.3) is 0 Å². The van der Waals surface area contributed by atoms with Gasteiger partial charge in [0, 0.05) is 95.9 Å². The molecule has 2 aliphatic rings. The minimum atomic E-state index is 0.620. The lowest BCUT2D eigenvalue weighted by atomic mass is 9.94. The Hall–Kier alpha value is -7.80. The number of rotatable bonds is 8. The monoisotopic (exact) mass is 897 g/mol. The fourth-order valence-electron chi connectivity index (χ4n) is 9.67. The van der Waals surface area contributed by atoms with Gasteiger partial charge in [-0.3, -0.25) is 19.9 Å². The number of pyridine rings is 3. The van der Waals surface area contributed by atoms with Gasteiger partial charge in [-0.05, 0) is 132 Å². The van der Waals surface area contributed by atoms with E-state index in [1.807, 2.05) is 74.2 Å². The Morgan fingerprint density at radius 3 is 1.82 bits per heavy atom. The lowest BCUT2D eigenvalue weighted by molar-refractivity contribution is 0.883. The molecule has 6 heterocycles. The van der Waals surface area contributed by atoms with Gasteiger partial charge in [-0.25, -0.2) is 0 Å². The van der Waals surface area contributed by atoms with E-state index in [4.69, 9.17) is 9.98 Å². The Kier molecular flexibility index (Phi) is 11.9. The number of aryl methyl sites for hydroxylation is 1. The van der Waals surface area contributed by atoms with Gasteiger partial charge in [-0.1, -0.05) is 118 Å². The van der Waals surface area contributed by atoms with E-state index >= 15 is 0 Å². The first kappa shape index (κ1) is 42.8. The molecule has 11 aromatic rings. The summed E-state index contributed by atoms with van der Waals surface area (Å²) in [5.74, 6) is 1.24. The molecule has 0 N–H and O–H groups in total. The molecule has 1 aliphatic heterocycles. The minimum absolute atomic E-state index is 0.620. The Labute approximate surface area is 401 Å². The SMILES string of the molecule is C1=NC(c2ccccc2-c2ccc3c(c2)c2cc(-c4ccccc4-c4ccccn4)ccc2n3-c2ccc3sc4ccc(-c5cccnc5)cc4c3c2)=CC2CC12.CC.CCCc1ccccn1. The van der Waals surface area contributed by atoms with Crippen molar-refractivity contribution in [2.45, 2.75) is 40.0 Å². The van der Waals surface area contributed by atoms with Gasteiger partial charge in [-0.2, -0.15) is 0 Å². The maximum Gasteiger partial charge on any atom is 0.0708 e. The van der Waals surface area contributed by atoms with E-state index in [-0.39, 0.29) is 0 Å². The summed E-state index contributed by atoms with van der Waals surface area (Å²) in [6.45, 7) is 6.16. The van der Waals surface area contributed by atoms with Crippen molar-refractivity contribution in [1.82, 2.24) is 19.5 Å². The molecule has 68 heavy (non-hydrogen) atoms. The van der Waals surface area contributed by atoms with Crippen molar-refractivity contribution in [3.63, 3.8) is 0 Å². The highest BCUT2D eigenvalue weighted by Gasteiger charge is 2.36. The van der Waals surface area contributed by atoms with Gasteiger partial charge in [-0.15, -0.1) is 11.3 Å². The van der Waals surface area contributed by atoms with Crippen LogP contribution < -0.4 is 0 Å². The van der Waals surface area contributed by atoms with Crippen LogP contribution in [0.25, 0.3) is 98.0 Å². The van der Waals surface area contributed by atoms with Gasteiger partial charge in [0.15, 0.2) is 0 Å². The first-order valence-corrected chi connectivity index (χ1v) is 24.7. The number of thiophene rings is 1. The normalized spacial score (nSPS) is 14.8. The molecule has 0 amide bonds. The third-order valence-corrected chi connectivity index (χ3v) is 14.2. The minimum Gasteiger partial charge on any atom is -0.309 e. The van der Waals surface area contributed by atoms with E-state index < -0.39 is 0 Å². The predicted molar refractivity (Wildman–Crippen MR) is 289 cm³/mol. The lowest BCUT2D eigenvalue weighted by Gasteiger charge is -2.13. The first-order chi connectivity index (χ1) is 33.7. The summed E-state index contributed by atoms with van der Waals surface area (Å²) in [6, 6.07) is 61.3. The zero-order valence-corrected chi connectivity index (χ0v) is 39.4. The third kappa shape index (κ3) is 8.22. The number of aliphatic imine (C=N–C) groups is 1. The summed E-state index contributed by atoms with van der Waals surface area (Å²) in [6.07, 6.45) is 15.5. The zero-order valence-electron chi connectivity index (χ0n) is 38.6. The van der Waals surface area contributed by atoms with Crippen LogP contribution in [0.1, 0.15) is 44.9 Å². The van der Waals surface area contributed by atoms with Gasteiger partial charge in [0.2, 0.25) is 0 Å². The summed E-state index contributed by atoms with van der Waals surface area (Å²) in [4.78, 5) is 18.2. The number of benzene rings is 6. The highest BCUT2D eigenvalue weighted by atomic mass is 32.1. The van der Waals surface area contributed by atoms with E-state index in [0.717, 1.165) is 45.8 Å². The summed E-state index contributed by atoms with van der Waals surface area (Å²) in [7, 11) is 0. The van der Waals surface area contributed by atoms with E-state index in [1.165, 1.54) is 82.8 Å². The van der Waals surface area contributed by atoms with Gasteiger partial charge >= 0.3 is 0 Å². The van der Waals surface area contributed by atoms with Crippen molar-refractivity contribution in [1.29, 1.82) is 0 Å². The largest absolute Gasteiger partial charge is 0.309 e. The van der Waals surface area contributed by atoms with E-state index in [0.29, 0.717) is 11.8 Å². The van der Waals surface area contributed by atoms with Crippen molar-refractivity contribution in [2.24, 2.45) is 16.8 Å². The number of aromatic nitrogens is 4. The quantitative estimate of drug-likeness (QED) is 0.153. The molecular weight excluding hydrogens is 847 g/mol. The van der Waals surface area contributed by atoms with Crippen LogP contribution in [-0.4, -0.2) is 25.7 Å². The fourth-order valence-corrected chi connectivity index (χ4v) is 10.7. The van der Waals surface area contributed by atoms with Crippen LogP contribution in [0.2, 0.25) is 0 Å². The van der Waals surface area contributed by atoms with Crippen LogP contribution in [0, 0.1) is 11.8 Å². The fraction of sp³-hybridized carbons (Fsp3) is 0.129. The Morgan fingerprint density at radius 1 is 0.529 bits per heavy atom. The summed E-state index contributed by atoms with van der Waals surface area (Å²) < 4.78 is 5.01. The number of hydrogen-bond donors (Lipinski definition) is 0. The lowest BCUT2D eigenvalue weighted by Crippen LogP contribution is -1.95. The number of fused-ring (bicyclic) bond motifs is 7. The second-order valence-electron chi connectivity index (χ2n) is 17.3. The van der Waals surface area contributed by atoms with E-state index in [9.17, 15) is 0 Å². The van der Waals surface area contributed by atoms with Gasteiger partial charge in [0.1, 0.15) is 0 Å². The topological polar surface area (TPSA) is 56.0 Å². The zero-order chi connectivity index (χ0) is 46.0. The Balaban J connectivity index is 0.000000413. The van der Waals surface area contributed by atoms with Crippen molar-refractivity contribution < 1.29 is 0 Å². The first-order valence-electron chi connectivity index (χ1n) is 23.9. The molecule has 1 saturated carbocycles. The van der Waals surface area contributed by atoms with Crippen LogP contribution in [-0.2, 0) is 6.42 Å². The highest BCUT2D eigenvalue weighted by molar-refractivity contribution is 7.25. The third-order valence-electron chi connectivity index (χ3n) is 13.1. The highest BCUT2D eigenvalue weighted by Crippen LogP contribution is 2.46. The molecule has 1 fully saturated rings. The van der Waals surface area contributed by atoms with Crippen LogP contribution >= 0.6 is 11.3 Å². The molecule has 2 unspecified atom stereocenters. The average Bonchev–Trinajstić information content (AvgIpc) is 4.01. The molecule has 5 nitrogen and oxygen atoms in total. The smallest absolute Gasteiger partial charge is 0.0708 e. The van der Waals surface area contributed by atoms with Crippen LogP contribution in [0.15, 0.2) is 206 Å². The van der Waals surface area contributed by atoms with Crippen LogP contribution in [0.3, 0.4) is 0 Å². The molecule has 0 radical (unpaired) electrons. The standard InChI is InChI=1S/C52H34N4S.C8H11N.C2H6/c1-3-11-41(47-13-5-6-23-54-47)39(9-1)33-14-18-49-43(26-33)44-27-34(40-10-2-4-12-42(40)48-28-36-24-37(36)31-55-48)15-19-50(44)56(49)38-17-21-52-46(29-38)45-25-32(16-20-51(45)57-52)35-8-7-22-53-30-35;1-2-5-8-6-3-4-7-9-8;1-2/h1-23,25-31,36-37H,24H2;3-4,6-7H,2,5H2,1H3;1-2H3. The number of allylic oxidation sites excluding steroid dienone is 1.